The van der Waals surface area contributed by atoms with Crippen LogP contribution in [0, 0.1) is 0 Å². The van der Waals surface area contributed by atoms with Crippen molar-refractivity contribution < 1.29 is 9.59 Å². The van der Waals surface area contributed by atoms with E-state index >= 15 is 0 Å². The molecule has 2 amide bonds. The molecule has 7 heteroatoms. The Morgan fingerprint density at radius 1 is 1.19 bits per heavy atom. The van der Waals surface area contributed by atoms with Gasteiger partial charge in [0, 0.05) is 18.0 Å². The highest BCUT2D eigenvalue weighted by Gasteiger charge is 2.37. The maximum Gasteiger partial charge on any atom is 0.267 e. The lowest BCUT2D eigenvalue weighted by atomic mass is 10.2. The van der Waals surface area contributed by atoms with Crippen LogP contribution in [0.15, 0.2) is 36.7 Å². The largest absolute Gasteiger partial charge is 0.389 e. The van der Waals surface area contributed by atoms with Gasteiger partial charge in [-0.15, -0.1) is 0 Å². The molecule has 2 heterocycles. The van der Waals surface area contributed by atoms with Crippen molar-refractivity contribution in [2.45, 2.75) is 0 Å². The molecule has 0 bridgehead atoms. The minimum Gasteiger partial charge on any atom is -0.389 e. The highest BCUT2D eigenvalue weighted by Crippen LogP contribution is 2.33. The highest BCUT2D eigenvalue weighted by atomic mass is 35.5. The number of nitrogens with two attached hydrogens (primary N) is 1. The summed E-state index contributed by atoms with van der Waals surface area (Å²) in [5.74, 6) is -0.879. The van der Waals surface area contributed by atoms with Crippen LogP contribution in [0.5, 0.6) is 0 Å². The van der Waals surface area contributed by atoms with E-state index in [0.717, 1.165) is 4.90 Å². The molecular formula is C14H8ClN3O2S. The molecule has 0 aliphatic carbocycles. The van der Waals surface area contributed by atoms with Crippen molar-refractivity contribution in [3.05, 3.63) is 58.4 Å². The van der Waals surface area contributed by atoms with Crippen molar-refractivity contribution in [3.8, 4) is 0 Å². The Labute approximate surface area is 130 Å². The molecule has 2 N–H and O–H groups in total. The van der Waals surface area contributed by atoms with E-state index in [4.69, 9.17) is 29.6 Å². The molecular weight excluding hydrogens is 310 g/mol. The summed E-state index contributed by atoms with van der Waals surface area (Å²) in [6, 6.07) is 6.20. The number of halogens is 1. The summed E-state index contributed by atoms with van der Waals surface area (Å²) < 4.78 is 0. The van der Waals surface area contributed by atoms with Crippen LogP contribution in [0.25, 0.3) is 0 Å². The van der Waals surface area contributed by atoms with Crippen LogP contribution < -0.4 is 10.6 Å². The first kappa shape index (κ1) is 13.7. The highest BCUT2D eigenvalue weighted by molar-refractivity contribution is 7.80. The number of carbonyl (C=O) groups is 2. The summed E-state index contributed by atoms with van der Waals surface area (Å²) in [5.41, 5.74) is 6.96. The standard InChI is InChI=1S/C14H8ClN3O2S/c15-10-5-7(12(16)21)1-2-11(10)18-13(19)8-3-4-17-6-9(8)14(18)20/h1-6H,(H2,16,21). The van der Waals surface area contributed by atoms with Crippen molar-refractivity contribution in [3.63, 3.8) is 0 Å². The fourth-order valence-corrected chi connectivity index (χ4v) is 2.54. The Bertz CT molecular complexity index is 772. The minimum absolute atomic E-state index is 0.190. The maximum atomic E-state index is 12.3. The lowest BCUT2D eigenvalue weighted by Gasteiger charge is -2.16. The number of benzene rings is 1. The van der Waals surface area contributed by atoms with Crippen LogP contribution in [0.1, 0.15) is 26.3 Å². The van der Waals surface area contributed by atoms with E-state index in [1.54, 1.807) is 12.1 Å². The van der Waals surface area contributed by atoms with Gasteiger partial charge in [0.15, 0.2) is 0 Å². The molecule has 21 heavy (non-hydrogen) atoms. The van der Waals surface area contributed by atoms with E-state index in [1.807, 2.05) is 0 Å². The van der Waals surface area contributed by atoms with Crippen LogP contribution in [0.4, 0.5) is 5.69 Å². The quantitative estimate of drug-likeness (QED) is 0.678. The molecule has 1 aromatic carbocycles. The predicted octanol–water partition coefficient (Wildman–Crippen LogP) is 2.17. The van der Waals surface area contributed by atoms with Gasteiger partial charge in [-0.1, -0.05) is 23.8 Å². The third kappa shape index (κ3) is 2.09. The Kier molecular flexibility index (Phi) is 3.19. The third-order valence-corrected chi connectivity index (χ3v) is 3.70. The SMILES string of the molecule is NC(=S)c1ccc(N2C(=O)c3ccncc3C2=O)c(Cl)c1. The van der Waals surface area contributed by atoms with Crippen LogP contribution in [0.3, 0.4) is 0 Å². The van der Waals surface area contributed by atoms with Crippen LogP contribution in [0.2, 0.25) is 5.02 Å². The number of amides is 2. The average Bonchev–Trinajstić information content (AvgIpc) is 2.72. The second-order valence-electron chi connectivity index (χ2n) is 4.40. The van der Waals surface area contributed by atoms with Gasteiger partial charge in [0.05, 0.1) is 21.8 Å². The zero-order valence-electron chi connectivity index (χ0n) is 10.5. The molecule has 0 radical (unpaired) electrons. The molecule has 1 aromatic heterocycles. The zero-order chi connectivity index (χ0) is 15.1. The Morgan fingerprint density at radius 2 is 1.90 bits per heavy atom. The number of thiocarbonyl (C=S) groups is 1. The molecule has 1 aliphatic rings. The molecule has 0 saturated heterocycles. The molecule has 0 fully saturated rings. The van der Waals surface area contributed by atoms with Gasteiger partial charge in [-0.25, -0.2) is 4.90 Å². The first-order chi connectivity index (χ1) is 10.0. The van der Waals surface area contributed by atoms with Crippen molar-refractivity contribution >= 4 is 46.3 Å². The summed E-state index contributed by atoms with van der Waals surface area (Å²) in [7, 11) is 0. The number of anilines is 1. The van der Waals surface area contributed by atoms with E-state index < -0.39 is 11.8 Å². The fraction of sp³-hybridized carbons (Fsp3) is 0. The van der Waals surface area contributed by atoms with Crippen LogP contribution in [-0.4, -0.2) is 21.8 Å². The third-order valence-electron chi connectivity index (χ3n) is 3.16. The molecule has 3 rings (SSSR count). The van der Waals surface area contributed by atoms with Crippen molar-refractivity contribution in [1.82, 2.24) is 4.98 Å². The van der Waals surface area contributed by atoms with Gasteiger partial charge < -0.3 is 5.73 Å². The van der Waals surface area contributed by atoms with E-state index in [1.165, 1.54) is 24.5 Å². The van der Waals surface area contributed by atoms with Gasteiger partial charge in [-0.3, -0.25) is 14.6 Å². The minimum atomic E-state index is -0.451. The monoisotopic (exact) mass is 317 g/mol. The van der Waals surface area contributed by atoms with Crippen molar-refractivity contribution in [2.75, 3.05) is 4.90 Å². The molecule has 1 aliphatic heterocycles. The molecule has 0 saturated carbocycles. The summed E-state index contributed by atoms with van der Waals surface area (Å²) in [5, 5.41) is 0.225. The van der Waals surface area contributed by atoms with Gasteiger partial charge in [0.2, 0.25) is 0 Å². The van der Waals surface area contributed by atoms with E-state index in [2.05, 4.69) is 4.98 Å². The summed E-state index contributed by atoms with van der Waals surface area (Å²) >= 11 is 11.0. The smallest absolute Gasteiger partial charge is 0.267 e. The van der Waals surface area contributed by atoms with Gasteiger partial charge in [-0.05, 0) is 24.3 Å². The number of aromatic nitrogens is 1. The number of hydrogen-bond donors (Lipinski definition) is 1. The van der Waals surface area contributed by atoms with Gasteiger partial charge in [-0.2, -0.15) is 0 Å². The predicted molar refractivity (Wildman–Crippen MR) is 82.7 cm³/mol. The van der Waals surface area contributed by atoms with E-state index in [-0.39, 0.29) is 15.6 Å². The number of imide groups is 1. The van der Waals surface area contributed by atoms with Gasteiger partial charge >= 0.3 is 0 Å². The molecule has 0 atom stereocenters. The molecule has 5 nitrogen and oxygen atoms in total. The van der Waals surface area contributed by atoms with Crippen molar-refractivity contribution in [1.29, 1.82) is 0 Å². The fourth-order valence-electron chi connectivity index (χ4n) is 2.14. The number of fused-ring (bicyclic) bond motifs is 1. The lowest BCUT2D eigenvalue weighted by Crippen LogP contribution is -2.29. The van der Waals surface area contributed by atoms with Gasteiger partial charge in [0.25, 0.3) is 11.8 Å². The second-order valence-corrected chi connectivity index (χ2v) is 5.24. The first-order valence-corrected chi connectivity index (χ1v) is 6.71. The summed E-state index contributed by atoms with van der Waals surface area (Å²) in [6.45, 7) is 0. The zero-order valence-corrected chi connectivity index (χ0v) is 12.1. The topological polar surface area (TPSA) is 76.3 Å². The molecule has 0 unspecified atom stereocenters. The summed E-state index contributed by atoms with van der Waals surface area (Å²) in [6.07, 6.45) is 2.83. The number of hydrogen-bond acceptors (Lipinski definition) is 4. The summed E-state index contributed by atoms with van der Waals surface area (Å²) in [4.78, 5) is 29.8. The maximum absolute atomic E-state index is 12.3. The number of nitrogens with zero attached hydrogens (tertiary/aromatic N) is 2. The second kappa shape index (κ2) is 4.91. The lowest BCUT2D eigenvalue weighted by molar-refractivity contribution is 0.0926. The van der Waals surface area contributed by atoms with Crippen LogP contribution >= 0.6 is 23.8 Å². The van der Waals surface area contributed by atoms with E-state index in [0.29, 0.717) is 16.8 Å². The molecule has 2 aromatic rings. The normalized spacial score (nSPS) is 13.5. The Balaban J connectivity index is 2.09. The van der Waals surface area contributed by atoms with Gasteiger partial charge in [0.1, 0.15) is 4.99 Å². The number of rotatable bonds is 2. The molecule has 0 spiro atoms. The molecule has 104 valence electrons. The van der Waals surface area contributed by atoms with Crippen molar-refractivity contribution in [2.24, 2.45) is 5.73 Å². The Hall–Kier alpha value is -2.31. The number of carbonyl (C=O) groups excluding carboxylic acids is 2. The Morgan fingerprint density at radius 3 is 2.52 bits per heavy atom. The number of pyridine rings is 1. The average molecular weight is 318 g/mol. The van der Waals surface area contributed by atoms with E-state index in [9.17, 15) is 9.59 Å². The first-order valence-electron chi connectivity index (χ1n) is 5.93. The van der Waals surface area contributed by atoms with Crippen LogP contribution in [-0.2, 0) is 0 Å².